The number of halogens is 1. The molecule has 2 aromatic heterocycles. The van der Waals surface area contributed by atoms with E-state index >= 15 is 0 Å². The lowest BCUT2D eigenvalue weighted by atomic mass is 9.78. The van der Waals surface area contributed by atoms with Gasteiger partial charge >= 0.3 is 0 Å². The highest BCUT2D eigenvalue weighted by Crippen LogP contribution is 2.30. The van der Waals surface area contributed by atoms with Gasteiger partial charge < -0.3 is 5.32 Å². The number of hydrogen-bond donors (Lipinski definition) is 1. The molecule has 1 amide bonds. The van der Waals surface area contributed by atoms with Crippen molar-refractivity contribution in [2.24, 2.45) is 11.8 Å². The molecule has 1 N–H and O–H groups in total. The molecule has 1 aliphatic carbocycles. The second kappa shape index (κ2) is 7.16. The summed E-state index contributed by atoms with van der Waals surface area (Å²) in [4.78, 5) is 17.3. The molecular weight excluding hydrogens is 336 g/mol. The van der Waals surface area contributed by atoms with Crippen LogP contribution >= 0.6 is 11.6 Å². The Hall–Kier alpha value is -1.88. The number of pyridine rings is 1. The summed E-state index contributed by atoms with van der Waals surface area (Å²) in [6, 6.07) is 5.64. The lowest BCUT2D eigenvalue weighted by molar-refractivity contribution is 0.0886. The van der Waals surface area contributed by atoms with Crippen LogP contribution < -0.4 is 5.32 Å². The SMILES string of the molecule is Cc1cc(C)n(-c2ccc(Cl)c(C(=O)NC3CCCC(C)C3C)n2)n1. The van der Waals surface area contributed by atoms with E-state index in [0.29, 0.717) is 22.7 Å². The van der Waals surface area contributed by atoms with E-state index < -0.39 is 0 Å². The number of nitrogens with one attached hydrogen (secondary N) is 1. The molecule has 1 saturated carbocycles. The van der Waals surface area contributed by atoms with Crippen LogP contribution in [0.25, 0.3) is 5.82 Å². The van der Waals surface area contributed by atoms with Crippen LogP contribution in [0.3, 0.4) is 0 Å². The van der Waals surface area contributed by atoms with Crippen LogP contribution in [0.5, 0.6) is 0 Å². The Labute approximate surface area is 153 Å². The Kier molecular flexibility index (Phi) is 5.13. The van der Waals surface area contributed by atoms with Crippen LogP contribution in [0.4, 0.5) is 0 Å². The fourth-order valence-electron chi connectivity index (χ4n) is 3.59. The molecule has 2 heterocycles. The van der Waals surface area contributed by atoms with Crippen LogP contribution in [0.1, 0.15) is 55.0 Å². The van der Waals surface area contributed by atoms with Crippen molar-refractivity contribution in [2.45, 2.75) is 53.0 Å². The van der Waals surface area contributed by atoms with Gasteiger partial charge in [-0.05, 0) is 50.3 Å². The van der Waals surface area contributed by atoms with Gasteiger partial charge in [0.2, 0.25) is 0 Å². The first-order chi connectivity index (χ1) is 11.9. The van der Waals surface area contributed by atoms with Crippen molar-refractivity contribution < 1.29 is 4.79 Å². The largest absolute Gasteiger partial charge is 0.348 e. The molecule has 0 aromatic carbocycles. The van der Waals surface area contributed by atoms with Gasteiger partial charge in [0.05, 0.1) is 10.7 Å². The smallest absolute Gasteiger partial charge is 0.271 e. The minimum Gasteiger partial charge on any atom is -0.348 e. The highest BCUT2D eigenvalue weighted by molar-refractivity contribution is 6.33. The first-order valence-corrected chi connectivity index (χ1v) is 9.25. The van der Waals surface area contributed by atoms with E-state index in [1.807, 2.05) is 19.9 Å². The molecule has 0 saturated heterocycles. The molecule has 0 aliphatic heterocycles. The maximum Gasteiger partial charge on any atom is 0.271 e. The van der Waals surface area contributed by atoms with E-state index in [1.165, 1.54) is 6.42 Å². The second-order valence-electron chi connectivity index (χ2n) is 7.19. The molecule has 3 unspecified atom stereocenters. The number of carbonyl (C=O) groups excluding carboxylic acids is 1. The lowest BCUT2D eigenvalue weighted by Gasteiger charge is -2.34. The molecule has 25 heavy (non-hydrogen) atoms. The Bertz CT molecular complexity index is 786. The minimum absolute atomic E-state index is 0.173. The third-order valence-electron chi connectivity index (χ3n) is 5.30. The van der Waals surface area contributed by atoms with E-state index in [0.717, 1.165) is 24.2 Å². The number of aryl methyl sites for hydroxylation is 2. The van der Waals surface area contributed by atoms with Crippen LogP contribution in [0, 0.1) is 25.7 Å². The number of nitrogens with zero attached hydrogens (tertiary/aromatic N) is 3. The standard InChI is InChI=1S/C19H25ClN4O/c1-11-6-5-7-16(14(11)4)21-19(25)18-15(20)8-9-17(22-18)24-13(3)10-12(2)23-24/h8-11,14,16H,5-7H2,1-4H3,(H,21,25). The van der Waals surface area contributed by atoms with Crippen molar-refractivity contribution in [3.63, 3.8) is 0 Å². The van der Waals surface area contributed by atoms with E-state index in [4.69, 9.17) is 11.6 Å². The molecule has 1 aliphatic rings. The third kappa shape index (κ3) is 3.71. The van der Waals surface area contributed by atoms with Crippen molar-refractivity contribution in [3.05, 3.63) is 40.3 Å². The van der Waals surface area contributed by atoms with Crippen molar-refractivity contribution >= 4 is 17.5 Å². The monoisotopic (exact) mass is 360 g/mol. The first-order valence-electron chi connectivity index (χ1n) is 8.88. The summed E-state index contributed by atoms with van der Waals surface area (Å²) in [7, 11) is 0. The van der Waals surface area contributed by atoms with Gasteiger partial charge in [0.15, 0.2) is 5.82 Å². The Balaban J connectivity index is 1.85. The van der Waals surface area contributed by atoms with Crippen molar-refractivity contribution in [1.29, 1.82) is 0 Å². The summed E-state index contributed by atoms with van der Waals surface area (Å²) in [5, 5.41) is 7.93. The third-order valence-corrected chi connectivity index (χ3v) is 5.60. The van der Waals surface area contributed by atoms with Crippen molar-refractivity contribution in [2.75, 3.05) is 0 Å². The van der Waals surface area contributed by atoms with Gasteiger partial charge in [-0.25, -0.2) is 9.67 Å². The van der Waals surface area contributed by atoms with Gasteiger partial charge in [-0.3, -0.25) is 4.79 Å². The van der Waals surface area contributed by atoms with Gasteiger partial charge in [-0.15, -0.1) is 0 Å². The zero-order valence-electron chi connectivity index (χ0n) is 15.2. The minimum atomic E-state index is -0.209. The molecular formula is C19H25ClN4O. The maximum atomic E-state index is 12.8. The lowest BCUT2D eigenvalue weighted by Crippen LogP contribution is -2.44. The van der Waals surface area contributed by atoms with E-state index in [1.54, 1.807) is 16.8 Å². The summed E-state index contributed by atoms with van der Waals surface area (Å²) < 4.78 is 1.73. The summed E-state index contributed by atoms with van der Waals surface area (Å²) in [6.45, 7) is 8.34. The van der Waals surface area contributed by atoms with Gasteiger partial charge in [-0.1, -0.05) is 38.3 Å². The maximum absolute atomic E-state index is 12.8. The molecule has 0 bridgehead atoms. The number of hydrogen-bond acceptors (Lipinski definition) is 3. The summed E-state index contributed by atoms with van der Waals surface area (Å²) >= 11 is 6.25. The van der Waals surface area contributed by atoms with Crippen LogP contribution in [-0.2, 0) is 0 Å². The molecule has 3 rings (SSSR count). The van der Waals surface area contributed by atoms with E-state index in [9.17, 15) is 4.79 Å². The van der Waals surface area contributed by atoms with Crippen molar-refractivity contribution in [3.8, 4) is 5.82 Å². The zero-order chi connectivity index (χ0) is 18.1. The topological polar surface area (TPSA) is 59.8 Å². The number of aromatic nitrogens is 3. The molecule has 5 nitrogen and oxygen atoms in total. The quantitative estimate of drug-likeness (QED) is 0.896. The van der Waals surface area contributed by atoms with Gasteiger partial charge in [0.1, 0.15) is 5.69 Å². The highest BCUT2D eigenvalue weighted by Gasteiger charge is 2.29. The Morgan fingerprint density at radius 2 is 2.04 bits per heavy atom. The van der Waals surface area contributed by atoms with Gasteiger partial charge in [-0.2, -0.15) is 5.10 Å². The Morgan fingerprint density at radius 3 is 2.72 bits per heavy atom. The molecule has 2 aromatic rings. The predicted molar refractivity (Wildman–Crippen MR) is 99.3 cm³/mol. The van der Waals surface area contributed by atoms with E-state index in [2.05, 4.69) is 29.2 Å². The fraction of sp³-hybridized carbons (Fsp3) is 0.526. The van der Waals surface area contributed by atoms with Crippen LogP contribution in [0.15, 0.2) is 18.2 Å². The normalized spacial score (nSPS) is 23.5. The van der Waals surface area contributed by atoms with Crippen LogP contribution in [-0.4, -0.2) is 26.7 Å². The van der Waals surface area contributed by atoms with Gasteiger partial charge in [0, 0.05) is 11.7 Å². The zero-order valence-corrected chi connectivity index (χ0v) is 16.0. The second-order valence-corrected chi connectivity index (χ2v) is 7.59. The molecule has 3 atom stereocenters. The summed E-state index contributed by atoms with van der Waals surface area (Å²) in [6.07, 6.45) is 3.37. The molecule has 1 fully saturated rings. The van der Waals surface area contributed by atoms with Crippen LogP contribution in [0.2, 0.25) is 5.02 Å². The number of rotatable bonds is 3. The predicted octanol–water partition coefficient (Wildman–Crippen LogP) is 4.09. The average Bonchev–Trinajstić information content (AvgIpc) is 2.90. The first kappa shape index (κ1) is 17.9. The highest BCUT2D eigenvalue weighted by atomic mass is 35.5. The Morgan fingerprint density at radius 1 is 1.28 bits per heavy atom. The number of amides is 1. The van der Waals surface area contributed by atoms with Gasteiger partial charge in [0.25, 0.3) is 5.91 Å². The molecule has 0 spiro atoms. The summed E-state index contributed by atoms with van der Waals surface area (Å²) in [5.74, 6) is 1.46. The summed E-state index contributed by atoms with van der Waals surface area (Å²) in [5.41, 5.74) is 2.14. The van der Waals surface area contributed by atoms with E-state index in [-0.39, 0.29) is 17.6 Å². The molecule has 6 heteroatoms. The fourth-order valence-corrected chi connectivity index (χ4v) is 3.78. The number of carbonyl (C=O) groups is 1. The molecule has 134 valence electrons. The average molecular weight is 361 g/mol. The van der Waals surface area contributed by atoms with Crippen molar-refractivity contribution in [1.82, 2.24) is 20.1 Å². The molecule has 0 radical (unpaired) electrons.